The van der Waals surface area contributed by atoms with Gasteiger partial charge in [0.15, 0.2) is 5.96 Å². The molecule has 0 bridgehead atoms. The lowest BCUT2D eigenvalue weighted by Gasteiger charge is -2.21. The third-order valence-corrected chi connectivity index (χ3v) is 4.67. The first kappa shape index (κ1) is 23.9. The zero-order valence-corrected chi connectivity index (χ0v) is 18.1. The zero-order valence-electron chi connectivity index (χ0n) is 15.0. The smallest absolute Gasteiger partial charge is 0.193 e. The normalized spacial score (nSPS) is 18.5. The van der Waals surface area contributed by atoms with Crippen LogP contribution in [0.15, 0.2) is 4.99 Å². The fourth-order valence-corrected chi connectivity index (χ4v) is 3.14. The molecule has 1 fully saturated rings. The van der Waals surface area contributed by atoms with Crippen molar-refractivity contribution in [2.45, 2.75) is 19.8 Å². The lowest BCUT2D eigenvalue weighted by atomic mass is 10.1. The van der Waals surface area contributed by atoms with Crippen LogP contribution < -0.4 is 5.32 Å². The maximum absolute atomic E-state index is 11.2. The van der Waals surface area contributed by atoms with Crippen molar-refractivity contribution in [3.8, 4) is 0 Å². The molecule has 1 atom stereocenters. The van der Waals surface area contributed by atoms with Gasteiger partial charge in [-0.15, -0.1) is 24.0 Å². The summed E-state index contributed by atoms with van der Waals surface area (Å²) in [6.45, 7) is 7.24. The molecule has 9 heteroatoms. The molecule has 0 radical (unpaired) electrons. The van der Waals surface area contributed by atoms with E-state index in [1.165, 1.54) is 6.26 Å². The number of nitrogens with one attached hydrogen (secondary N) is 1. The Balaban J connectivity index is 0.00000529. The van der Waals surface area contributed by atoms with Crippen molar-refractivity contribution >= 4 is 39.8 Å². The Morgan fingerprint density at radius 1 is 1.38 bits per heavy atom. The van der Waals surface area contributed by atoms with Crippen LogP contribution in [0.5, 0.6) is 0 Å². The van der Waals surface area contributed by atoms with Crippen molar-refractivity contribution in [3.05, 3.63) is 0 Å². The standard InChI is InChI=1S/C15H31N3O4S.HI/c1-4-16-15(17-7-5-11-23(3,19)20)18-8-6-14(12-18)13-22-10-9-21-2;/h14H,4-13H2,1-3H3,(H,16,17);1H. The zero-order chi connectivity index (χ0) is 17.1. The molecule has 1 unspecified atom stereocenters. The summed E-state index contributed by atoms with van der Waals surface area (Å²) in [5.41, 5.74) is 0. The van der Waals surface area contributed by atoms with E-state index in [-0.39, 0.29) is 29.7 Å². The first-order chi connectivity index (χ1) is 11.0. The quantitative estimate of drug-likeness (QED) is 0.219. The van der Waals surface area contributed by atoms with E-state index >= 15 is 0 Å². The van der Waals surface area contributed by atoms with Gasteiger partial charge in [-0.05, 0) is 19.8 Å². The highest BCUT2D eigenvalue weighted by Gasteiger charge is 2.24. The van der Waals surface area contributed by atoms with Crippen LogP contribution in [-0.4, -0.2) is 84.4 Å². The Kier molecular flexibility index (Phi) is 13.1. The number of ether oxygens (including phenoxy) is 2. The van der Waals surface area contributed by atoms with E-state index in [0.717, 1.165) is 38.6 Å². The number of hydrogen-bond acceptors (Lipinski definition) is 5. The molecule has 1 aliphatic rings. The number of likely N-dealkylation sites (tertiary alicyclic amines) is 1. The molecule has 1 N–H and O–H groups in total. The Hall–Kier alpha value is -0.130. The number of guanidine groups is 1. The van der Waals surface area contributed by atoms with Crippen LogP contribution in [0.1, 0.15) is 19.8 Å². The Bertz CT molecular complexity index is 460. The highest BCUT2D eigenvalue weighted by Crippen LogP contribution is 2.16. The highest BCUT2D eigenvalue weighted by molar-refractivity contribution is 14.0. The number of hydrogen-bond donors (Lipinski definition) is 1. The lowest BCUT2D eigenvalue weighted by Crippen LogP contribution is -2.40. The van der Waals surface area contributed by atoms with Crippen LogP contribution in [-0.2, 0) is 19.3 Å². The molecule has 1 rings (SSSR count). The molecule has 0 saturated carbocycles. The average molecular weight is 477 g/mol. The van der Waals surface area contributed by atoms with Gasteiger partial charge >= 0.3 is 0 Å². The molecule has 0 spiro atoms. The maximum Gasteiger partial charge on any atom is 0.193 e. The summed E-state index contributed by atoms with van der Waals surface area (Å²) in [7, 11) is -1.24. The summed E-state index contributed by atoms with van der Waals surface area (Å²) < 4.78 is 32.9. The minimum absolute atomic E-state index is 0. The largest absolute Gasteiger partial charge is 0.382 e. The maximum atomic E-state index is 11.2. The monoisotopic (exact) mass is 477 g/mol. The number of methoxy groups -OCH3 is 1. The summed E-state index contributed by atoms with van der Waals surface area (Å²) in [4.78, 5) is 6.78. The van der Waals surface area contributed by atoms with Gasteiger partial charge in [0.25, 0.3) is 0 Å². The van der Waals surface area contributed by atoms with Gasteiger partial charge in [-0.1, -0.05) is 0 Å². The van der Waals surface area contributed by atoms with Crippen molar-refractivity contribution in [2.75, 3.05) is 65.1 Å². The predicted octanol–water partition coefficient (Wildman–Crippen LogP) is 0.990. The summed E-state index contributed by atoms with van der Waals surface area (Å²) in [5, 5.41) is 3.28. The van der Waals surface area contributed by atoms with E-state index in [1.807, 2.05) is 6.92 Å². The first-order valence-corrected chi connectivity index (χ1v) is 10.3. The van der Waals surface area contributed by atoms with E-state index in [2.05, 4.69) is 15.2 Å². The van der Waals surface area contributed by atoms with Crippen LogP contribution in [0.4, 0.5) is 0 Å². The van der Waals surface area contributed by atoms with Gasteiger partial charge in [0.1, 0.15) is 9.84 Å². The van der Waals surface area contributed by atoms with Gasteiger partial charge in [-0.3, -0.25) is 4.99 Å². The SMILES string of the molecule is CCNC(=NCCCS(C)(=O)=O)N1CCC(COCCOC)C1.I. The van der Waals surface area contributed by atoms with Gasteiger partial charge in [-0.2, -0.15) is 0 Å². The second-order valence-corrected chi connectivity index (χ2v) is 8.15. The van der Waals surface area contributed by atoms with Crippen molar-refractivity contribution in [3.63, 3.8) is 0 Å². The van der Waals surface area contributed by atoms with Crippen LogP contribution in [0, 0.1) is 5.92 Å². The van der Waals surface area contributed by atoms with E-state index in [9.17, 15) is 8.42 Å². The Morgan fingerprint density at radius 2 is 2.12 bits per heavy atom. The van der Waals surface area contributed by atoms with Crippen LogP contribution in [0.3, 0.4) is 0 Å². The van der Waals surface area contributed by atoms with E-state index in [0.29, 0.717) is 32.1 Å². The molecule has 0 aromatic carbocycles. The third kappa shape index (κ3) is 10.7. The predicted molar refractivity (Wildman–Crippen MR) is 108 cm³/mol. The minimum atomic E-state index is -2.91. The van der Waals surface area contributed by atoms with Gasteiger partial charge in [0.2, 0.25) is 0 Å². The average Bonchev–Trinajstić information content (AvgIpc) is 2.94. The molecular formula is C15H32IN3O4S. The fraction of sp³-hybridized carbons (Fsp3) is 0.933. The van der Waals surface area contributed by atoms with E-state index < -0.39 is 9.84 Å². The molecule has 0 aromatic rings. The first-order valence-electron chi connectivity index (χ1n) is 8.24. The van der Waals surface area contributed by atoms with Gasteiger partial charge < -0.3 is 19.7 Å². The number of sulfone groups is 1. The molecule has 1 saturated heterocycles. The summed E-state index contributed by atoms with van der Waals surface area (Å²) in [6, 6.07) is 0. The van der Waals surface area contributed by atoms with Crippen LogP contribution in [0.2, 0.25) is 0 Å². The van der Waals surface area contributed by atoms with Crippen molar-refractivity contribution in [1.82, 2.24) is 10.2 Å². The number of halogens is 1. The Labute approximate surface area is 163 Å². The molecule has 0 aromatic heterocycles. The van der Waals surface area contributed by atoms with E-state index in [4.69, 9.17) is 9.47 Å². The second-order valence-electron chi connectivity index (χ2n) is 5.89. The van der Waals surface area contributed by atoms with E-state index in [1.54, 1.807) is 7.11 Å². The molecule has 1 heterocycles. The fourth-order valence-electron chi connectivity index (χ4n) is 2.49. The van der Waals surface area contributed by atoms with Crippen molar-refractivity contribution < 1.29 is 17.9 Å². The summed E-state index contributed by atoms with van der Waals surface area (Å²) in [6.07, 6.45) is 2.91. The topological polar surface area (TPSA) is 80.2 Å². The highest BCUT2D eigenvalue weighted by atomic mass is 127. The minimum Gasteiger partial charge on any atom is -0.382 e. The molecule has 0 amide bonds. The molecule has 7 nitrogen and oxygen atoms in total. The third-order valence-electron chi connectivity index (χ3n) is 3.64. The Morgan fingerprint density at radius 3 is 2.75 bits per heavy atom. The number of nitrogens with zero attached hydrogens (tertiary/aromatic N) is 2. The van der Waals surface area contributed by atoms with Crippen LogP contribution in [0.25, 0.3) is 0 Å². The van der Waals surface area contributed by atoms with Crippen LogP contribution >= 0.6 is 24.0 Å². The van der Waals surface area contributed by atoms with Gasteiger partial charge in [-0.25, -0.2) is 8.42 Å². The van der Waals surface area contributed by atoms with Crippen molar-refractivity contribution in [2.24, 2.45) is 10.9 Å². The number of aliphatic imine (C=N–C) groups is 1. The number of rotatable bonds is 10. The van der Waals surface area contributed by atoms with Crippen molar-refractivity contribution in [1.29, 1.82) is 0 Å². The van der Waals surface area contributed by atoms with Gasteiger partial charge in [0.05, 0.1) is 25.6 Å². The molecular weight excluding hydrogens is 445 g/mol. The summed E-state index contributed by atoms with van der Waals surface area (Å²) in [5.74, 6) is 1.57. The lowest BCUT2D eigenvalue weighted by molar-refractivity contribution is 0.0536. The second kappa shape index (κ2) is 13.1. The molecule has 24 heavy (non-hydrogen) atoms. The molecule has 144 valence electrons. The summed E-state index contributed by atoms with van der Waals surface area (Å²) >= 11 is 0. The molecule has 1 aliphatic heterocycles. The molecule has 0 aliphatic carbocycles. The van der Waals surface area contributed by atoms with Gasteiger partial charge in [0, 0.05) is 45.5 Å².